The highest BCUT2D eigenvalue weighted by Crippen LogP contribution is 2.27. The average molecular weight is 280 g/mol. The van der Waals surface area contributed by atoms with Gasteiger partial charge in [0.05, 0.1) is 5.92 Å². The lowest BCUT2D eigenvalue weighted by Gasteiger charge is -2.27. The molecule has 1 heterocycles. The maximum atomic E-state index is 11.5. The number of hydrazine groups is 1. The quantitative estimate of drug-likeness (QED) is 0.625. The Balaban J connectivity index is 1.86. The van der Waals surface area contributed by atoms with E-state index >= 15 is 0 Å². The Morgan fingerprint density at radius 3 is 2.60 bits per heavy atom. The first-order valence-electron chi connectivity index (χ1n) is 6.73. The lowest BCUT2D eigenvalue weighted by molar-refractivity contribution is -0.158. The molecule has 0 radical (unpaired) electrons. The molecule has 3 N–H and O–H groups in total. The van der Waals surface area contributed by atoms with E-state index in [4.69, 9.17) is 10.6 Å². The van der Waals surface area contributed by atoms with Gasteiger partial charge in [0.1, 0.15) is 11.9 Å². The molecule has 0 aromatic carbocycles. The van der Waals surface area contributed by atoms with Crippen LogP contribution >= 0.6 is 0 Å². The molecule has 1 fully saturated rings. The molecule has 1 saturated carbocycles. The van der Waals surface area contributed by atoms with Crippen molar-refractivity contribution in [3.05, 3.63) is 17.6 Å². The first kappa shape index (κ1) is 14.7. The molecule has 1 aromatic rings. The van der Waals surface area contributed by atoms with Crippen LogP contribution in [0.15, 0.2) is 6.07 Å². The van der Waals surface area contributed by atoms with Gasteiger partial charge in [-0.3, -0.25) is 0 Å². The molecule has 0 amide bonds. The number of ether oxygens (including phenoxy) is 1. The Bertz CT molecular complexity index is 452. The van der Waals surface area contributed by atoms with E-state index in [0.29, 0.717) is 11.7 Å². The van der Waals surface area contributed by atoms with Gasteiger partial charge in [-0.25, -0.2) is 15.6 Å². The summed E-state index contributed by atoms with van der Waals surface area (Å²) in [6.07, 6.45) is 3.14. The van der Waals surface area contributed by atoms with E-state index in [2.05, 4.69) is 14.8 Å². The largest absolute Gasteiger partial charge is 0.474 e. The monoisotopic (exact) mass is 280 g/mol. The molecule has 20 heavy (non-hydrogen) atoms. The maximum Gasteiger partial charge on any atom is 0.329 e. The second-order valence-corrected chi connectivity index (χ2v) is 5.03. The van der Waals surface area contributed by atoms with Gasteiger partial charge in [0.25, 0.3) is 0 Å². The van der Waals surface area contributed by atoms with Crippen molar-refractivity contribution in [3.8, 4) is 5.88 Å². The number of nitrogens with zero attached hydrogens (tertiary/aromatic N) is 2. The highest BCUT2D eigenvalue weighted by Gasteiger charge is 2.28. The molecular formula is C13H20N4O3. The molecule has 0 saturated heterocycles. The van der Waals surface area contributed by atoms with Crippen LogP contribution in [0.4, 0.5) is 0 Å². The number of rotatable bonds is 4. The normalized spacial score (nSPS) is 22.4. The van der Waals surface area contributed by atoms with Crippen molar-refractivity contribution in [2.24, 2.45) is 11.8 Å². The van der Waals surface area contributed by atoms with Crippen LogP contribution in [0.1, 0.15) is 37.2 Å². The Labute approximate surface area is 117 Å². The third-order valence-corrected chi connectivity index (χ3v) is 3.40. The highest BCUT2D eigenvalue weighted by atomic mass is 16.7. The summed E-state index contributed by atoms with van der Waals surface area (Å²) >= 11 is 0. The second-order valence-electron chi connectivity index (χ2n) is 5.03. The molecule has 0 bridgehead atoms. The standard InChI is InChI=1S/C13H20N4O3/c1-8-7-12(16-9(2)15-8)19-11-5-3-10(4-6-11)13(18)20-17-14/h7,10-11,17H,3-6,14H2,1-2H3. The van der Waals surface area contributed by atoms with Crippen LogP contribution in [0.5, 0.6) is 5.88 Å². The summed E-state index contributed by atoms with van der Waals surface area (Å²) in [5.41, 5.74) is 2.82. The molecule has 0 unspecified atom stereocenters. The first-order valence-corrected chi connectivity index (χ1v) is 6.73. The van der Waals surface area contributed by atoms with E-state index in [0.717, 1.165) is 31.4 Å². The second kappa shape index (κ2) is 6.62. The summed E-state index contributed by atoms with van der Waals surface area (Å²) in [5, 5.41) is 0. The van der Waals surface area contributed by atoms with E-state index < -0.39 is 0 Å². The maximum absolute atomic E-state index is 11.5. The predicted molar refractivity (Wildman–Crippen MR) is 71.3 cm³/mol. The molecule has 0 spiro atoms. The number of hydrogen-bond acceptors (Lipinski definition) is 7. The lowest BCUT2D eigenvalue weighted by atomic mass is 9.87. The third-order valence-electron chi connectivity index (χ3n) is 3.40. The van der Waals surface area contributed by atoms with Gasteiger partial charge in [0.15, 0.2) is 0 Å². The Kier molecular flexibility index (Phi) is 4.86. The summed E-state index contributed by atoms with van der Waals surface area (Å²) in [5.74, 6) is 5.85. The molecule has 1 aromatic heterocycles. The molecule has 2 rings (SSSR count). The average Bonchev–Trinajstić information content (AvgIpc) is 2.38. The molecule has 0 aliphatic heterocycles. The fourth-order valence-electron chi connectivity index (χ4n) is 2.47. The molecule has 7 nitrogen and oxygen atoms in total. The summed E-state index contributed by atoms with van der Waals surface area (Å²) in [4.78, 5) is 24.6. The fourth-order valence-corrected chi connectivity index (χ4v) is 2.47. The van der Waals surface area contributed by atoms with E-state index in [1.165, 1.54) is 0 Å². The number of aryl methyl sites for hydroxylation is 2. The number of carbonyl (C=O) groups is 1. The van der Waals surface area contributed by atoms with Gasteiger partial charge in [-0.05, 0) is 39.5 Å². The van der Waals surface area contributed by atoms with Crippen molar-refractivity contribution < 1.29 is 14.4 Å². The highest BCUT2D eigenvalue weighted by molar-refractivity contribution is 5.72. The number of hydrogen-bond donors (Lipinski definition) is 2. The predicted octanol–water partition coefficient (Wildman–Crippen LogP) is 0.953. The van der Waals surface area contributed by atoms with Crippen LogP contribution in [0.3, 0.4) is 0 Å². The zero-order chi connectivity index (χ0) is 14.5. The zero-order valence-electron chi connectivity index (χ0n) is 11.8. The van der Waals surface area contributed by atoms with E-state index in [-0.39, 0.29) is 18.0 Å². The third kappa shape index (κ3) is 3.88. The van der Waals surface area contributed by atoms with Crippen molar-refractivity contribution >= 4 is 5.97 Å². The minimum Gasteiger partial charge on any atom is -0.474 e. The van der Waals surface area contributed by atoms with E-state index in [9.17, 15) is 4.79 Å². The molecule has 1 aliphatic carbocycles. The summed E-state index contributed by atoms with van der Waals surface area (Å²) in [7, 11) is 0. The number of aromatic nitrogens is 2. The van der Waals surface area contributed by atoms with Gasteiger partial charge < -0.3 is 9.57 Å². The van der Waals surface area contributed by atoms with Crippen LogP contribution in [0.25, 0.3) is 0 Å². The van der Waals surface area contributed by atoms with E-state index in [1.807, 2.05) is 25.5 Å². The molecule has 0 atom stereocenters. The topological polar surface area (TPSA) is 99.4 Å². The summed E-state index contributed by atoms with van der Waals surface area (Å²) in [6, 6.07) is 1.83. The number of carbonyl (C=O) groups excluding carboxylic acids is 1. The molecule has 1 aliphatic rings. The van der Waals surface area contributed by atoms with Crippen LogP contribution in [-0.4, -0.2) is 22.0 Å². The Hall–Kier alpha value is -1.73. The van der Waals surface area contributed by atoms with Gasteiger partial charge in [0, 0.05) is 11.8 Å². The fraction of sp³-hybridized carbons (Fsp3) is 0.615. The van der Waals surface area contributed by atoms with Gasteiger partial charge in [-0.1, -0.05) is 5.59 Å². The Morgan fingerprint density at radius 2 is 2.00 bits per heavy atom. The van der Waals surface area contributed by atoms with Crippen molar-refractivity contribution in [3.63, 3.8) is 0 Å². The molecule has 7 heteroatoms. The lowest BCUT2D eigenvalue weighted by Crippen LogP contribution is -2.34. The first-order chi connectivity index (χ1) is 9.58. The van der Waals surface area contributed by atoms with Crippen molar-refractivity contribution in [1.29, 1.82) is 0 Å². The van der Waals surface area contributed by atoms with Gasteiger partial charge in [0.2, 0.25) is 5.88 Å². The van der Waals surface area contributed by atoms with Crippen molar-refractivity contribution in [2.75, 3.05) is 0 Å². The van der Waals surface area contributed by atoms with Gasteiger partial charge in [-0.2, -0.15) is 4.98 Å². The van der Waals surface area contributed by atoms with Gasteiger partial charge >= 0.3 is 5.97 Å². The van der Waals surface area contributed by atoms with Crippen molar-refractivity contribution in [2.45, 2.75) is 45.6 Å². The van der Waals surface area contributed by atoms with Gasteiger partial charge in [-0.15, -0.1) is 0 Å². The molecular weight excluding hydrogens is 260 g/mol. The van der Waals surface area contributed by atoms with Crippen LogP contribution < -0.4 is 16.2 Å². The van der Waals surface area contributed by atoms with Crippen LogP contribution in [0, 0.1) is 19.8 Å². The van der Waals surface area contributed by atoms with Crippen LogP contribution in [0.2, 0.25) is 0 Å². The SMILES string of the molecule is Cc1cc(OC2CCC(C(=O)ONN)CC2)nc(C)n1. The minimum absolute atomic E-state index is 0.0820. The van der Waals surface area contributed by atoms with E-state index in [1.54, 1.807) is 0 Å². The summed E-state index contributed by atoms with van der Waals surface area (Å²) in [6.45, 7) is 3.75. The minimum atomic E-state index is -0.306. The Morgan fingerprint density at radius 1 is 1.30 bits per heavy atom. The number of nitrogens with two attached hydrogens (primary N) is 1. The smallest absolute Gasteiger partial charge is 0.329 e. The van der Waals surface area contributed by atoms with Crippen LogP contribution in [-0.2, 0) is 9.63 Å². The van der Waals surface area contributed by atoms with Crippen molar-refractivity contribution in [1.82, 2.24) is 15.6 Å². The zero-order valence-corrected chi connectivity index (χ0v) is 11.8. The number of nitrogens with one attached hydrogen (secondary N) is 1. The molecule has 110 valence electrons. The summed E-state index contributed by atoms with van der Waals surface area (Å²) < 4.78 is 5.86.